The molecule has 1 aromatic carbocycles. The minimum atomic E-state index is 0. The first kappa shape index (κ1) is 11.1. The molecule has 0 amide bonds. The van der Waals surface area contributed by atoms with Gasteiger partial charge in [-0.05, 0) is 23.3 Å². The predicted molar refractivity (Wildman–Crippen MR) is 60.3 cm³/mol. The third kappa shape index (κ3) is 1.79. The Bertz CT molecular complexity index is 297. The monoisotopic (exact) mass is 214 g/mol. The summed E-state index contributed by atoms with van der Waals surface area (Å²) in [5.74, 6) is 0.921. The zero-order valence-electron chi connectivity index (χ0n) is 8.39. The molecule has 1 heterocycles. The molecule has 2 N–H and O–H groups in total. The van der Waals surface area contributed by atoms with Gasteiger partial charge in [0.05, 0.1) is 12.8 Å². The minimum absolute atomic E-state index is 0. The van der Waals surface area contributed by atoms with Crippen LogP contribution in [0, 0.1) is 0 Å². The molecule has 0 bridgehead atoms. The van der Waals surface area contributed by atoms with Crippen LogP contribution in [-0.2, 0) is 13.1 Å². The summed E-state index contributed by atoms with van der Waals surface area (Å²) in [5.41, 5.74) is 3.77. The Hall–Kier alpha value is -0.930. The number of fused-ring (bicyclic) bond motifs is 1. The van der Waals surface area contributed by atoms with Gasteiger partial charge in [0.15, 0.2) is 0 Å². The molecule has 14 heavy (non-hydrogen) atoms. The molecule has 0 aromatic heterocycles. The van der Waals surface area contributed by atoms with E-state index >= 15 is 0 Å². The Morgan fingerprint density at radius 3 is 2.50 bits per heavy atom. The molecule has 1 aliphatic rings. The van der Waals surface area contributed by atoms with Crippen molar-refractivity contribution in [3.63, 3.8) is 0 Å². The van der Waals surface area contributed by atoms with Gasteiger partial charge in [-0.3, -0.25) is 0 Å². The van der Waals surface area contributed by atoms with Crippen molar-refractivity contribution in [2.75, 3.05) is 19.5 Å². The standard InChI is InChI=1S/C10H14N2O.ClH/c1-11-9-3-7-5-12-6-8(7)4-10(9)13-2;/h3-4,11-12H,5-6H2,1-2H3;1H. The van der Waals surface area contributed by atoms with E-state index < -0.39 is 0 Å². The highest BCUT2D eigenvalue weighted by Crippen LogP contribution is 2.30. The molecule has 0 spiro atoms. The van der Waals surface area contributed by atoms with E-state index in [1.807, 2.05) is 7.05 Å². The lowest BCUT2D eigenvalue weighted by Crippen LogP contribution is -1.99. The second-order valence-corrected chi connectivity index (χ2v) is 3.17. The molecule has 0 saturated heterocycles. The van der Waals surface area contributed by atoms with Crippen LogP contribution in [0.25, 0.3) is 0 Å². The largest absolute Gasteiger partial charge is 0.495 e. The first-order chi connectivity index (χ1) is 6.35. The molecule has 0 unspecified atom stereocenters. The quantitative estimate of drug-likeness (QED) is 0.787. The van der Waals surface area contributed by atoms with Crippen LogP contribution in [0.4, 0.5) is 5.69 Å². The molecule has 0 atom stereocenters. The van der Waals surface area contributed by atoms with Crippen LogP contribution in [0.3, 0.4) is 0 Å². The normalized spacial score (nSPS) is 13.0. The zero-order chi connectivity index (χ0) is 9.26. The summed E-state index contributed by atoms with van der Waals surface area (Å²) in [6.07, 6.45) is 0. The fourth-order valence-electron chi connectivity index (χ4n) is 1.69. The van der Waals surface area contributed by atoms with E-state index in [0.29, 0.717) is 0 Å². The number of benzene rings is 1. The van der Waals surface area contributed by atoms with Crippen LogP contribution in [-0.4, -0.2) is 14.2 Å². The van der Waals surface area contributed by atoms with Crippen molar-refractivity contribution < 1.29 is 4.74 Å². The van der Waals surface area contributed by atoms with E-state index in [0.717, 1.165) is 24.5 Å². The van der Waals surface area contributed by atoms with Gasteiger partial charge in [-0.1, -0.05) is 0 Å². The summed E-state index contributed by atoms with van der Waals surface area (Å²) in [4.78, 5) is 0. The average Bonchev–Trinajstić information content (AvgIpc) is 2.62. The first-order valence-electron chi connectivity index (χ1n) is 4.43. The lowest BCUT2D eigenvalue weighted by Gasteiger charge is -2.09. The van der Waals surface area contributed by atoms with Gasteiger partial charge in [-0.15, -0.1) is 12.4 Å². The van der Waals surface area contributed by atoms with Crippen LogP contribution < -0.4 is 15.4 Å². The predicted octanol–water partition coefficient (Wildman–Crippen LogP) is 1.76. The fourth-order valence-corrected chi connectivity index (χ4v) is 1.69. The van der Waals surface area contributed by atoms with Crippen molar-refractivity contribution in [3.8, 4) is 5.75 Å². The molecule has 78 valence electrons. The van der Waals surface area contributed by atoms with Crippen molar-refractivity contribution in [2.45, 2.75) is 13.1 Å². The number of hydrogen-bond donors (Lipinski definition) is 2. The molecular formula is C10H15ClN2O. The third-order valence-electron chi connectivity index (χ3n) is 2.42. The van der Waals surface area contributed by atoms with Gasteiger partial charge < -0.3 is 15.4 Å². The van der Waals surface area contributed by atoms with Crippen LogP contribution in [0.15, 0.2) is 12.1 Å². The molecule has 2 rings (SSSR count). The van der Waals surface area contributed by atoms with Gasteiger partial charge in [0.25, 0.3) is 0 Å². The third-order valence-corrected chi connectivity index (χ3v) is 2.42. The molecular weight excluding hydrogens is 200 g/mol. The second kappa shape index (κ2) is 4.53. The Morgan fingerprint density at radius 1 is 1.29 bits per heavy atom. The van der Waals surface area contributed by atoms with Gasteiger partial charge in [0.2, 0.25) is 0 Å². The zero-order valence-corrected chi connectivity index (χ0v) is 9.20. The number of methoxy groups -OCH3 is 1. The SMILES string of the molecule is CNc1cc2c(cc1OC)CNC2.Cl. The Balaban J connectivity index is 0.000000980. The highest BCUT2D eigenvalue weighted by molar-refractivity contribution is 5.85. The van der Waals surface area contributed by atoms with E-state index in [-0.39, 0.29) is 12.4 Å². The summed E-state index contributed by atoms with van der Waals surface area (Å²) in [7, 11) is 3.61. The van der Waals surface area contributed by atoms with Crippen molar-refractivity contribution in [3.05, 3.63) is 23.3 Å². The van der Waals surface area contributed by atoms with Crippen molar-refractivity contribution in [1.29, 1.82) is 0 Å². The van der Waals surface area contributed by atoms with E-state index in [1.165, 1.54) is 11.1 Å². The number of rotatable bonds is 2. The maximum absolute atomic E-state index is 5.27. The highest BCUT2D eigenvalue weighted by atomic mass is 35.5. The number of hydrogen-bond acceptors (Lipinski definition) is 3. The smallest absolute Gasteiger partial charge is 0.142 e. The average molecular weight is 215 g/mol. The summed E-state index contributed by atoms with van der Waals surface area (Å²) in [5, 5.41) is 6.43. The fraction of sp³-hybridized carbons (Fsp3) is 0.400. The summed E-state index contributed by atoms with van der Waals surface area (Å²) >= 11 is 0. The van der Waals surface area contributed by atoms with Crippen molar-refractivity contribution in [1.82, 2.24) is 5.32 Å². The lowest BCUT2D eigenvalue weighted by atomic mass is 10.1. The van der Waals surface area contributed by atoms with Crippen LogP contribution in [0.2, 0.25) is 0 Å². The van der Waals surface area contributed by atoms with Gasteiger partial charge in [-0.2, -0.15) is 0 Å². The van der Waals surface area contributed by atoms with Crippen LogP contribution >= 0.6 is 12.4 Å². The van der Waals surface area contributed by atoms with Crippen molar-refractivity contribution in [2.24, 2.45) is 0 Å². The van der Waals surface area contributed by atoms with Gasteiger partial charge >= 0.3 is 0 Å². The molecule has 3 nitrogen and oxygen atoms in total. The summed E-state index contributed by atoms with van der Waals surface area (Å²) in [6, 6.07) is 4.25. The molecule has 4 heteroatoms. The van der Waals surface area contributed by atoms with E-state index in [9.17, 15) is 0 Å². The van der Waals surface area contributed by atoms with Gasteiger partial charge in [0.1, 0.15) is 5.75 Å². The number of halogens is 1. The maximum atomic E-state index is 5.27. The minimum Gasteiger partial charge on any atom is -0.495 e. The number of ether oxygens (including phenoxy) is 1. The second-order valence-electron chi connectivity index (χ2n) is 3.17. The van der Waals surface area contributed by atoms with E-state index in [2.05, 4.69) is 22.8 Å². The number of anilines is 1. The van der Waals surface area contributed by atoms with Gasteiger partial charge in [-0.25, -0.2) is 0 Å². The van der Waals surface area contributed by atoms with E-state index in [4.69, 9.17) is 4.74 Å². The molecule has 0 aliphatic carbocycles. The first-order valence-corrected chi connectivity index (χ1v) is 4.43. The Labute approximate surface area is 90.3 Å². The highest BCUT2D eigenvalue weighted by Gasteiger charge is 2.13. The molecule has 0 fully saturated rings. The van der Waals surface area contributed by atoms with Crippen LogP contribution in [0.5, 0.6) is 5.75 Å². The molecule has 0 saturated carbocycles. The Kier molecular flexibility index (Phi) is 3.61. The van der Waals surface area contributed by atoms with Crippen LogP contribution in [0.1, 0.15) is 11.1 Å². The topological polar surface area (TPSA) is 33.3 Å². The van der Waals surface area contributed by atoms with E-state index in [1.54, 1.807) is 7.11 Å². The summed E-state index contributed by atoms with van der Waals surface area (Å²) in [6.45, 7) is 1.92. The lowest BCUT2D eigenvalue weighted by molar-refractivity contribution is 0.416. The molecule has 0 radical (unpaired) electrons. The number of nitrogens with one attached hydrogen (secondary N) is 2. The molecule has 1 aromatic rings. The maximum Gasteiger partial charge on any atom is 0.142 e. The van der Waals surface area contributed by atoms with Gasteiger partial charge in [0, 0.05) is 20.1 Å². The Morgan fingerprint density at radius 2 is 1.93 bits per heavy atom. The summed E-state index contributed by atoms with van der Waals surface area (Å²) < 4.78 is 5.27. The molecule has 1 aliphatic heterocycles. The van der Waals surface area contributed by atoms with Crippen molar-refractivity contribution >= 4 is 18.1 Å².